The van der Waals surface area contributed by atoms with E-state index >= 15 is 0 Å². The van der Waals surface area contributed by atoms with E-state index in [1.54, 1.807) is 43.3 Å². The lowest BCUT2D eigenvalue weighted by Crippen LogP contribution is -2.15. The first-order chi connectivity index (χ1) is 12.4. The SMILES string of the molecule is Cc1cc(C(=O)Nc2cccc(Cl)c2Cl)nc(Nc2ccc(F)cc2)n1. The molecule has 0 atom stereocenters. The second-order valence-corrected chi connectivity index (χ2v) is 6.19. The van der Waals surface area contributed by atoms with E-state index in [1.165, 1.54) is 12.1 Å². The van der Waals surface area contributed by atoms with Crippen LogP contribution in [-0.2, 0) is 0 Å². The van der Waals surface area contributed by atoms with E-state index in [4.69, 9.17) is 23.2 Å². The third-order valence-electron chi connectivity index (χ3n) is 3.39. The maximum Gasteiger partial charge on any atom is 0.274 e. The first kappa shape index (κ1) is 18.1. The van der Waals surface area contributed by atoms with Crippen LogP contribution < -0.4 is 10.6 Å². The van der Waals surface area contributed by atoms with Crippen molar-refractivity contribution in [3.8, 4) is 0 Å². The van der Waals surface area contributed by atoms with Crippen molar-refractivity contribution in [2.24, 2.45) is 0 Å². The molecule has 0 aliphatic heterocycles. The molecule has 2 N–H and O–H groups in total. The van der Waals surface area contributed by atoms with Crippen molar-refractivity contribution in [2.45, 2.75) is 6.92 Å². The van der Waals surface area contributed by atoms with Gasteiger partial charge in [0.1, 0.15) is 11.5 Å². The van der Waals surface area contributed by atoms with Crippen molar-refractivity contribution in [3.63, 3.8) is 0 Å². The average molecular weight is 391 g/mol. The third-order valence-corrected chi connectivity index (χ3v) is 4.21. The topological polar surface area (TPSA) is 66.9 Å². The van der Waals surface area contributed by atoms with E-state index in [-0.39, 0.29) is 22.5 Å². The predicted octanol–water partition coefficient (Wildman–Crippen LogP) is 5.23. The van der Waals surface area contributed by atoms with Crippen LogP contribution in [0.5, 0.6) is 0 Å². The van der Waals surface area contributed by atoms with Gasteiger partial charge in [0.05, 0.1) is 15.7 Å². The molecule has 132 valence electrons. The molecule has 0 aliphatic rings. The molecular formula is C18H13Cl2FN4O. The molecule has 3 rings (SSSR count). The van der Waals surface area contributed by atoms with Gasteiger partial charge in [0.2, 0.25) is 5.95 Å². The number of carbonyl (C=O) groups is 1. The highest BCUT2D eigenvalue weighted by Gasteiger charge is 2.14. The molecule has 0 radical (unpaired) electrons. The zero-order valence-electron chi connectivity index (χ0n) is 13.6. The highest BCUT2D eigenvalue weighted by Crippen LogP contribution is 2.29. The molecule has 8 heteroatoms. The van der Waals surface area contributed by atoms with Crippen LogP contribution in [0, 0.1) is 12.7 Å². The molecule has 1 aromatic heterocycles. The fourth-order valence-electron chi connectivity index (χ4n) is 2.19. The van der Waals surface area contributed by atoms with Gasteiger partial charge in [-0.25, -0.2) is 14.4 Å². The Kier molecular flexibility index (Phi) is 5.35. The lowest BCUT2D eigenvalue weighted by Gasteiger charge is -2.10. The van der Waals surface area contributed by atoms with E-state index in [2.05, 4.69) is 20.6 Å². The Labute approximate surface area is 159 Å². The summed E-state index contributed by atoms with van der Waals surface area (Å²) in [7, 11) is 0. The molecule has 0 saturated heterocycles. The molecule has 1 amide bonds. The minimum Gasteiger partial charge on any atom is -0.324 e. The standard InChI is InChI=1S/C18H13Cl2FN4O/c1-10-9-15(17(26)24-14-4-2-3-13(19)16(14)20)25-18(22-10)23-12-7-5-11(21)6-8-12/h2-9H,1H3,(H,24,26)(H,22,23,25). The van der Waals surface area contributed by atoms with Crippen LogP contribution in [0.15, 0.2) is 48.5 Å². The summed E-state index contributed by atoms with van der Waals surface area (Å²) in [4.78, 5) is 20.9. The quantitative estimate of drug-likeness (QED) is 0.640. The zero-order chi connectivity index (χ0) is 18.7. The first-order valence-electron chi connectivity index (χ1n) is 7.56. The van der Waals surface area contributed by atoms with Crippen LogP contribution in [0.4, 0.5) is 21.7 Å². The molecule has 3 aromatic rings. The van der Waals surface area contributed by atoms with Gasteiger partial charge >= 0.3 is 0 Å². The van der Waals surface area contributed by atoms with Crippen LogP contribution in [0.1, 0.15) is 16.2 Å². The van der Waals surface area contributed by atoms with Crippen LogP contribution in [-0.4, -0.2) is 15.9 Å². The minimum atomic E-state index is -0.457. The number of aryl methyl sites for hydroxylation is 1. The van der Waals surface area contributed by atoms with Gasteiger partial charge in [0, 0.05) is 11.4 Å². The number of carbonyl (C=O) groups excluding carboxylic acids is 1. The molecule has 0 saturated carbocycles. The number of benzene rings is 2. The number of rotatable bonds is 4. The monoisotopic (exact) mass is 390 g/mol. The Balaban J connectivity index is 1.83. The van der Waals surface area contributed by atoms with Gasteiger partial charge < -0.3 is 10.6 Å². The normalized spacial score (nSPS) is 10.5. The summed E-state index contributed by atoms with van der Waals surface area (Å²) in [6, 6.07) is 12.2. The summed E-state index contributed by atoms with van der Waals surface area (Å²) in [6.07, 6.45) is 0. The van der Waals surface area contributed by atoms with Crippen molar-refractivity contribution in [1.29, 1.82) is 0 Å². The van der Waals surface area contributed by atoms with Gasteiger partial charge in [0.15, 0.2) is 0 Å². The summed E-state index contributed by atoms with van der Waals surface area (Å²) >= 11 is 12.0. The Morgan fingerprint density at radius 2 is 1.81 bits per heavy atom. The number of hydrogen-bond donors (Lipinski definition) is 2. The number of nitrogens with one attached hydrogen (secondary N) is 2. The van der Waals surface area contributed by atoms with Crippen molar-refractivity contribution in [2.75, 3.05) is 10.6 Å². The molecule has 2 aromatic carbocycles. The summed E-state index contributed by atoms with van der Waals surface area (Å²) in [6.45, 7) is 1.74. The van der Waals surface area contributed by atoms with Gasteiger partial charge in [0.25, 0.3) is 5.91 Å². The average Bonchev–Trinajstić information content (AvgIpc) is 2.60. The fraction of sp³-hybridized carbons (Fsp3) is 0.0556. The van der Waals surface area contributed by atoms with Crippen LogP contribution in [0.2, 0.25) is 10.0 Å². The summed E-state index contributed by atoms with van der Waals surface area (Å²) in [5.41, 5.74) is 1.72. The molecule has 26 heavy (non-hydrogen) atoms. The van der Waals surface area contributed by atoms with E-state index in [0.717, 1.165) is 0 Å². The predicted molar refractivity (Wildman–Crippen MR) is 101 cm³/mol. The highest BCUT2D eigenvalue weighted by molar-refractivity contribution is 6.44. The molecule has 0 aliphatic carbocycles. The van der Waals surface area contributed by atoms with Crippen LogP contribution in [0.3, 0.4) is 0 Å². The number of nitrogens with zero attached hydrogens (tertiary/aromatic N) is 2. The van der Waals surface area contributed by atoms with E-state index < -0.39 is 5.91 Å². The van der Waals surface area contributed by atoms with E-state index in [9.17, 15) is 9.18 Å². The number of hydrogen-bond acceptors (Lipinski definition) is 4. The van der Waals surface area contributed by atoms with Crippen LogP contribution in [0.25, 0.3) is 0 Å². The lowest BCUT2D eigenvalue weighted by molar-refractivity contribution is 0.102. The maximum absolute atomic E-state index is 13.0. The highest BCUT2D eigenvalue weighted by atomic mass is 35.5. The number of halogens is 3. The first-order valence-corrected chi connectivity index (χ1v) is 8.31. The van der Waals surface area contributed by atoms with Crippen molar-refractivity contribution >= 4 is 46.4 Å². The fourth-order valence-corrected chi connectivity index (χ4v) is 2.54. The molecule has 0 spiro atoms. The molecule has 1 heterocycles. The summed E-state index contributed by atoms with van der Waals surface area (Å²) < 4.78 is 13.0. The molecular weight excluding hydrogens is 378 g/mol. The smallest absolute Gasteiger partial charge is 0.274 e. The summed E-state index contributed by atoms with van der Waals surface area (Å²) in [5, 5.41) is 6.19. The molecule has 0 bridgehead atoms. The van der Waals surface area contributed by atoms with Crippen LogP contribution >= 0.6 is 23.2 Å². The van der Waals surface area contributed by atoms with Crippen molar-refractivity contribution in [3.05, 3.63) is 75.8 Å². The van der Waals surface area contributed by atoms with Gasteiger partial charge in [-0.05, 0) is 49.4 Å². The third kappa shape index (κ3) is 4.28. The number of amides is 1. The van der Waals surface area contributed by atoms with Gasteiger partial charge in [-0.1, -0.05) is 29.3 Å². The van der Waals surface area contributed by atoms with E-state index in [0.29, 0.717) is 22.1 Å². The summed E-state index contributed by atoms with van der Waals surface area (Å²) in [5.74, 6) is -0.583. The minimum absolute atomic E-state index is 0.151. The maximum atomic E-state index is 13.0. The Morgan fingerprint density at radius 1 is 1.08 bits per heavy atom. The largest absolute Gasteiger partial charge is 0.324 e. The second-order valence-electron chi connectivity index (χ2n) is 5.41. The van der Waals surface area contributed by atoms with Gasteiger partial charge in [-0.3, -0.25) is 4.79 Å². The second kappa shape index (κ2) is 7.68. The van der Waals surface area contributed by atoms with E-state index in [1.807, 2.05) is 0 Å². The van der Waals surface area contributed by atoms with Crippen molar-refractivity contribution < 1.29 is 9.18 Å². The zero-order valence-corrected chi connectivity index (χ0v) is 15.1. The Morgan fingerprint density at radius 3 is 2.54 bits per heavy atom. The molecule has 5 nitrogen and oxygen atoms in total. The van der Waals surface area contributed by atoms with Crippen molar-refractivity contribution in [1.82, 2.24) is 9.97 Å². The Bertz CT molecular complexity index is 964. The number of aromatic nitrogens is 2. The Hall–Kier alpha value is -2.70. The number of anilines is 3. The van der Waals surface area contributed by atoms with Gasteiger partial charge in [-0.15, -0.1) is 0 Å². The molecule has 0 unspecified atom stereocenters. The molecule has 0 fully saturated rings. The van der Waals surface area contributed by atoms with Gasteiger partial charge in [-0.2, -0.15) is 0 Å². The lowest BCUT2D eigenvalue weighted by atomic mass is 10.2.